The highest BCUT2D eigenvalue weighted by atomic mass is 16.6. The van der Waals surface area contributed by atoms with Crippen molar-refractivity contribution in [2.24, 2.45) is 11.8 Å². The minimum absolute atomic E-state index is 0.00851. The Bertz CT molecular complexity index is 448. The first-order valence-corrected chi connectivity index (χ1v) is 6.31. The summed E-state index contributed by atoms with van der Waals surface area (Å²) in [5.41, 5.74) is 3.71. The number of nitrogens with two attached hydrogens (primary N) is 1. The van der Waals surface area contributed by atoms with Crippen molar-refractivity contribution < 1.29 is 4.92 Å². The lowest BCUT2D eigenvalue weighted by Gasteiger charge is -2.27. The highest BCUT2D eigenvalue weighted by Gasteiger charge is 2.16. The maximum Gasteiger partial charge on any atom is 0.293 e. The predicted octanol–water partition coefficient (Wildman–Crippen LogP) is 2.36. The Balaban J connectivity index is 2.89. The van der Waals surface area contributed by atoms with Crippen LogP contribution in [0.4, 0.5) is 11.4 Å². The van der Waals surface area contributed by atoms with Crippen LogP contribution in [-0.2, 0) is 6.54 Å². The summed E-state index contributed by atoms with van der Waals surface area (Å²) in [4.78, 5) is 12.6. The second-order valence-electron chi connectivity index (χ2n) is 5.15. The first-order valence-electron chi connectivity index (χ1n) is 6.31. The Morgan fingerprint density at radius 2 is 2.05 bits per heavy atom. The van der Waals surface area contributed by atoms with Crippen LogP contribution in [0.3, 0.4) is 0 Å². The third-order valence-electron chi connectivity index (χ3n) is 3.51. The SMILES string of the molecule is CC(C)C(C)N(C)Cc1ccc([N+](=O)[O-])c(NN)c1. The van der Waals surface area contributed by atoms with Gasteiger partial charge in [-0.3, -0.25) is 20.9 Å². The first kappa shape index (κ1) is 15.4. The van der Waals surface area contributed by atoms with Crippen LogP contribution >= 0.6 is 0 Å². The highest BCUT2D eigenvalue weighted by Crippen LogP contribution is 2.25. The van der Waals surface area contributed by atoms with Gasteiger partial charge in [0.2, 0.25) is 0 Å². The van der Waals surface area contributed by atoms with Crippen molar-refractivity contribution in [1.29, 1.82) is 0 Å². The normalized spacial score (nSPS) is 12.8. The summed E-state index contributed by atoms with van der Waals surface area (Å²) in [6.07, 6.45) is 0. The van der Waals surface area contributed by atoms with Gasteiger partial charge in [-0.15, -0.1) is 0 Å². The lowest BCUT2D eigenvalue weighted by Crippen LogP contribution is -2.32. The molecule has 1 rings (SSSR count). The van der Waals surface area contributed by atoms with E-state index in [2.05, 4.69) is 31.1 Å². The Morgan fingerprint density at radius 3 is 2.53 bits per heavy atom. The zero-order chi connectivity index (χ0) is 14.6. The third kappa shape index (κ3) is 3.90. The number of nitro groups is 1. The van der Waals surface area contributed by atoms with Crippen LogP contribution in [0, 0.1) is 16.0 Å². The van der Waals surface area contributed by atoms with Gasteiger partial charge in [0.15, 0.2) is 0 Å². The van der Waals surface area contributed by atoms with E-state index in [-0.39, 0.29) is 5.69 Å². The molecular formula is C13H22N4O2. The summed E-state index contributed by atoms with van der Waals surface area (Å²) in [6, 6.07) is 5.41. The molecule has 0 aliphatic carbocycles. The van der Waals surface area contributed by atoms with Crippen LogP contribution < -0.4 is 11.3 Å². The summed E-state index contributed by atoms with van der Waals surface area (Å²) >= 11 is 0. The van der Waals surface area contributed by atoms with Gasteiger partial charge in [0.05, 0.1) is 4.92 Å². The monoisotopic (exact) mass is 266 g/mol. The van der Waals surface area contributed by atoms with E-state index in [1.54, 1.807) is 12.1 Å². The second-order valence-corrected chi connectivity index (χ2v) is 5.15. The van der Waals surface area contributed by atoms with E-state index in [1.165, 1.54) is 6.07 Å². The molecule has 0 bridgehead atoms. The number of nitro benzene ring substituents is 1. The molecule has 0 saturated heterocycles. The lowest BCUT2D eigenvalue weighted by atomic mass is 10.0. The predicted molar refractivity (Wildman–Crippen MR) is 76.7 cm³/mol. The topological polar surface area (TPSA) is 84.4 Å². The molecule has 0 spiro atoms. The Hall–Kier alpha value is -1.66. The molecule has 3 N–H and O–H groups in total. The van der Waals surface area contributed by atoms with Crippen molar-refractivity contribution in [3.63, 3.8) is 0 Å². The largest absolute Gasteiger partial charge is 0.318 e. The number of benzene rings is 1. The summed E-state index contributed by atoms with van der Waals surface area (Å²) < 4.78 is 0. The van der Waals surface area contributed by atoms with Gasteiger partial charge < -0.3 is 5.43 Å². The van der Waals surface area contributed by atoms with Crippen molar-refractivity contribution in [1.82, 2.24) is 4.90 Å². The fourth-order valence-electron chi connectivity index (χ4n) is 1.90. The van der Waals surface area contributed by atoms with Gasteiger partial charge in [0.25, 0.3) is 5.69 Å². The summed E-state index contributed by atoms with van der Waals surface area (Å²) in [5, 5.41) is 10.8. The molecule has 106 valence electrons. The maximum absolute atomic E-state index is 10.8. The number of hydrogen-bond acceptors (Lipinski definition) is 5. The van der Waals surface area contributed by atoms with Crippen molar-refractivity contribution in [2.75, 3.05) is 12.5 Å². The van der Waals surface area contributed by atoms with E-state index in [0.29, 0.717) is 17.6 Å². The minimum Gasteiger partial charge on any atom is -0.318 e. The molecule has 0 amide bonds. The van der Waals surface area contributed by atoms with Gasteiger partial charge in [0.1, 0.15) is 5.69 Å². The second kappa shape index (κ2) is 6.49. The molecule has 0 saturated carbocycles. The highest BCUT2D eigenvalue weighted by molar-refractivity contribution is 5.62. The summed E-state index contributed by atoms with van der Waals surface area (Å²) in [5.74, 6) is 5.88. The smallest absolute Gasteiger partial charge is 0.293 e. The van der Waals surface area contributed by atoms with Crippen molar-refractivity contribution in [2.45, 2.75) is 33.4 Å². The minimum atomic E-state index is -0.445. The number of nitrogen functional groups attached to an aromatic ring is 1. The van der Waals surface area contributed by atoms with Crippen LogP contribution in [0.5, 0.6) is 0 Å². The number of nitrogens with one attached hydrogen (secondary N) is 1. The summed E-state index contributed by atoms with van der Waals surface area (Å²) in [7, 11) is 2.04. The molecule has 19 heavy (non-hydrogen) atoms. The standard InChI is InChI=1S/C13H22N4O2/c1-9(2)10(3)16(4)8-11-5-6-13(17(18)19)12(7-11)15-14/h5-7,9-10,15H,8,14H2,1-4H3. The van der Waals surface area contributed by atoms with Crippen molar-refractivity contribution in [3.05, 3.63) is 33.9 Å². The molecule has 1 aromatic rings. The molecule has 0 heterocycles. The molecular weight excluding hydrogens is 244 g/mol. The van der Waals surface area contributed by atoms with Crippen molar-refractivity contribution >= 4 is 11.4 Å². The molecule has 0 aromatic heterocycles. The maximum atomic E-state index is 10.8. The van der Waals surface area contributed by atoms with Crippen LogP contribution in [0.15, 0.2) is 18.2 Å². The zero-order valence-electron chi connectivity index (χ0n) is 11.9. The van der Waals surface area contributed by atoms with Crippen LogP contribution in [0.25, 0.3) is 0 Å². The average Bonchev–Trinajstić information content (AvgIpc) is 2.36. The Morgan fingerprint density at radius 1 is 1.42 bits per heavy atom. The Labute approximate surface area is 113 Å². The first-order chi connectivity index (χ1) is 8.86. The van der Waals surface area contributed by atoms with Gasteiger partial charge in [0, 0.05) is 18.7 Å². The third-order valence-corrected chi connectivity index (χ3v) is 3.51. The molecule has 6 nitrogen and oxygen atoms in total. The molecule has 0 fully saturated rings. The van der Waals surface area contributed by atoms with Gasteiger partial charge in [-0.1, -0.05) is 19.9 Å². The van der Waals surface area contributed by atoms with Crippen LogP contribution in [0.2, 0.25) is 0 Å². The van der Waals surface area contributed by atoms with Crippen molar-refractivity contribution in [3.8, 4) is 0 Å². The fraction of sp³-hybridized carbons (Fsp3) is 0.538. The van der Waals surface area contributed by atoms with E-state index in [4.69, 9.17) is 5.84 Å². The van der Waals surface area contributed by atoms with Gasteiger partial charge in [-0.25, -0.2) is 0 Å². The van der Waals surface area contributed by atoms with Crippen LogP contribution in [-0.4, -0.2) is 22.9 Å². The van der Waals surface area contributed by atoms with Crippen LogP contribution in [0.1, 0.15) is 26.3 Å². The number of hydrazine groups is 1. The number of anilines is 1. The van der Waals surface area contributed by atoms with E-state index in [0.717, 1.165) is 12.1 Å². The molecule has 1 aromatic carbocycles. The lowest BCUT2D eigenvalue weighted by molar-refractivity contribution is -0.384. The molecule has 1 atom stereocenters. The number of rotatable bonds is 6. The summed E-state index contributed by atoms with van der Waals surface area (Å²) in [6.45, 7) is 7.23. The van der Waals surface area contributed by atoms with E-state index >= 15 is 0 Å². The van der Waals surface area contributed by atoms with Gasteiger partial charge in [-0.05, 0) is 31.5 Å². The van der Waals surface area contributed by atoms with Gasteiger partial charge in [-0.2, -0.15) is 0 Å². The molecule has 0 radical (unpaired) electrons. The van der Waals surface area contributed by atoms with E-state index in [9.17, 15) is 10.1 Å². The molecule has 1 unspecified atom stereocenters. The van der Waals surface area contributed by atoms with E-state index < -0.39 is 4.92 Å². The quantitative estimate of drug-likeness (QED) is 0.469. The fourth-order valence-corrected chi connectivity index (χ4v) is 1.90. The Kier molecular flexibility index (Phi) is 5.26. The zero-order valence-corrected chi connectivity index (χ0v) is 11.9. The molecule has 0 aliphatic rings. The van der Waals surface area contributed by atoms with Gasteiger partial charge >= 0.3 is 0 Å². The molecule has 0 aliphatic heterocycles. The van der Waals surface area contributed by atoms with E-state index in [1.807, 2.05) is 7.05 Å². The number of hydrogen-bond donors (Lipinski definition) is 2. The number of nitrogens with zero attached hydrogens (tertiary/aromatic N) is 2. The average molecular weight is 266 g/mol. The molecule has 6 heteroatoms.